The van der Waals surface area contributed by atoms with Crippen LogP contribution in [0.1, 0.15) is 91.4 Å². The number of esters is 1. The van der Waals surface area contributed by atoms with E-state index in [2.05, 4.69) is 20.8 Å². The molecule has 0 bridgehead atoms. The molecule has 1 N–H and O–H groups in total. The third kappa shape index (κ3) is 6.41. The Morgan fingerprint density at radius 1 is 0.895 bits per heavy atom. The average molecular weight is 537 g/mol. The number of aliphatic carboxylic acids is 1. The highest BCUT2D eigenvalue weighted by Gasteiger charge is 2.60. The second-order valence-corrected chi connectivity index (χ2v) is 13.3. The summed E-state index contributed by atoms with van der Waals surface area (Å²) in [6.07, 6.45) is 11.9. The van der Waals surface area contributed by atoms with Crippen molar-refractivity contribution in [3.63, 3.8) is 0 Å². The van der Waals surface area contributed by atoms with Crippen LogP contribution in [0.15, 0.2) is 0 Å². The molecule has 4 rings (SSSR count). The number of fused-ring (bicyclic) bond motifs is 5. The molecule has 38 heavy (non-hydrogen) atoms. The Morgan fingerprint density at radius 3 is 2.37 bits per heavy atom. The molecule has 0 aromatic carbocycles. The Kier molecular flexibility index (Phi) is 10.2. The number of hydrogen-bond acceptors (Lipinski definition) is 6. The molecule has 4 saturated carbocycles. The molecule has 0 aromatic rings. The van der Waals surface area contributed by atoms with Gasteiger partial charge in [0.05, 0.1) is 26.4 Å². The van der Waals surface area contributed by atoms with E-state index in [1.165, 1.54) is 38.5 Å². The summed E-state index contributed by atoms with van der Waals surface area (Å²) < 4.78 is 21.6. The molecule has 0 aliphatic heterocycles. The fourth-order valence-corrected chi connectivity index (χ4v) is 9.59. The molecular weight excluding hydrogens is 484 g/mol. The first-order valence-electron chi connectivity index (χ1n) is 15.2. The summed E-state index contributed by atoms with van der Waals surface area (Å²) in [5, 5.41) is 9.20. The van der Waals surface area contributed by atoms with E-state index in [0.29, 0.717) is 61.4 Å². The predicted molar refractivity (Wildman–Crippen MR) is 145 cm³/mol. The summed E-state index contributed by atoms with van der Waals surface area (Å²) in [7, 11) is 1.64. The molecule has 4 fully saturated rings. The lowest BCUT2D eigenvalue weighted by atomic mass is 9.44. The maximum absolute atomic E-state index is 12.4. The molecule has 0 aromatic heterocycles. The molecule has 0 spiro atoms. The predicted octanol–water partition coefficient (Wildman–Crippen LogP) is 5.74. The molecule has 9 atom stereocenters. The summed E-state index contributed by atoms with van der Waals surface area (Å²) in [6, 6.07) is 0. The van der Waals surface area contributed by atoms with Crippen LogP contribution in [0.2, 0.25) is 0 Å². The van der Waals surface area contributed by atoms with Crippen LogP contribution in [0.5, 0.6) is 0 Å². The maximum Gasteiger partial charge on any atom is 0.332 e. The fourth-order valence-electron chi connectivity index (χ4n) is 9.59. The molecule has 0 radical (unpaired) electrons. The van der Waals surface area contributed by atoms with E-state index in [1.807, 2.05) is 0 Å². The third-order valence-corrected chi connectivity index (χ3v) is 11.5. The molecule has 4 aliphatic rings. The quantitative estimate of drug-likeness (QED) is 0.237. The summed E-state index contributed by atoms with van der Waals surface area (Å²) >= 11 is 0. The van der Waals surface area contributed by atoms with Gasteiger partial charge in [-0.3, -0.25) is 4.79 Å². The second kappa shape index (κ2) is 13.0. The van der Waals surface area contributed by atoms with Crippen molar-refractivity contribution < 1.29 is 33.6 Å². The fraction of sp³-hybridized carbons (Fsp3) is 0.935. The molecule has 218 valence electrons. The van der Waals surface area contributed by atoms with E-state index in [4.69, 9.17) is 18.9 Å². The van der Waals surface area contributed by atoms with Crippen LogP contribution in [-0.4, -0.2) is 63.3 Å². The van der Waals surface area contributed by atoms with Gasteiger partial charge in [0.2, 0.25) is 0 Å². The number of ether oxygens (including phenoxy) is 4. The smallest absolute Gasteiger partial charge is 0.332 e. The van der Waals surface area contributed by atoms with Crippen molar-refractivity contribution in [1.29, 1.82) is 0 Å². The first-order valence-corrected chi connectivity index (χ1v) is 15.2. The minimum absolute atomic E-state index is 0.0108. The molecule has 0 heterocycles. The van der Waals surface area contributed by atoms with Gasteiger partial charge >= 0.3 is 11.9 Å². The largest absolute Gasteiger partial charge is 0.481 e. The van der Waals surface area contributed by atoms with Crippen LogP contribution in [0.4, 0.5) is 0 Å². The first kappa shape index (κ1) is 29.8. The SMILES string of the molecule is COCCOCCOCC(=O)O[C@H]1CC[C@@]2(C)C(CCC3[C@@H]4CC[C@H]([C@H](C)CCC(=O)O)[C@@]4(C)CC[C@@H]32)C1. The number of carbonyl (C=O) groups excluding carboxylic acids is 1. The van der Waals surface area contributed by atoms with Gasteiger partial charge in [0.15, 0.2) is 0 Å². The topological polar surface area (TPSA) is 91.3 Å². The minimum Gasteiger partial charge on any atom is -0.481 e. The number of carboxylic acid groups (broad SMARTS) is 1. The van der Waals surface area contributed by atoms with E-state index >= 15 is 0 Å². The van der Waals surface area contributed by atoms with E-state index in [0.717, 1.165) is 43.4 Å². The highest BCUT2D eigenvalue weighted by molar-refractivity contribution is 5.70. The van der Waals surface area contributed by atoms with Gasteiger partial charge in [-0.25, -0.2) is 4.79 Å². The monoisotopic (exact) mass is 536 g/mol. The van der Waals surface area contributed by atoms with Crippen molar-refractivity contribution >= 4 is 11.9 Å². The van der Waals surface area contributed by atoms with Crippen LogP contribution >= 0.6 is 0 Å². The number of hydrogen-bond donors (Lipinski definition) is 1. The van der Waals surface area contributed by atoms with Gasteiger partial charge in [-0.2, -0.15) is 0 Å². The lowest BCUT2D eigenvalue weighted by Crippen LogP contribution is -2.54. The molecule has 0 saturated heterocycles. The van der Waals surface area contributed by atoms with Gasteiger partial charge in [0.25, 0.3) is 0 Å². The van der Waals surface area contributed by atoms with Crippen LogP contribution in [0, 0.1) is 46.3 Å². The van der Waals surface area contributed by atoms with Gasteiger partial charge in [0.1, 0.15) is 12.7 Å². The summed E-state index contributed by atoms with van der Waals surface area (Å²) in [4.78, 5) is 23.6. The van der Waals surface area contributed by atoms with Crippen LogP contribution in [0.25, 0.3) is 0 Å². The molecule has 0 amide bonds. The van der Waals surface area contributed by atoms with E-state index in [1.54, 1.807) is 7.11 Å². The van der Waals surface area contributed by atoms with Crippen LogP contribution in [-0.2, 0) is 28.5 Å². The van der Waals surface area contributed by atoms with Gasteiger partial charge < -0.3 is 24.1 Å². The Balaban J connectivity index is 1.27. The van der Waals surface area contributed by atoms with Crippen molar-refractivity contribution in [3.05, 3.63) is 0 Å². The standard InChI is InChI=1S/C31H52O7/c1-21(5-10-28(32)33)25-8-9-26-24-7-6-22-19-23(38-29(34)20-37-18-17-36-16-15-35-4)11-13-30(22,2)27(24)12-14-31(25,26)3/h21-27H,5-20H2,1-4H3,(H,32,33)/t21-,22?,23+,24?,25-,26+,27+,30+,31-/m1/s1. The molecular formula is C31H52O7. The van der Waals surface area contributed by atoms with Crippen LogP contribution in [0.3, 0.4) is 0 Å². The third-order valence-electron chi connectivity index (χ3n) is 11.5. The Bertz CT molecular complexity index is 801. The number of carbonyl (C=O) groups is 2. The van der Waals surface area contributed by atoms with Gasteiger partial charge in [-0.05, 0) is 111 Å². The highest BCUT2D eigenvalue weighted by Crippen LogP contribution is 2.68. The summed E-state index contributed by atoms with van der Waals surface area (Å²) in [5.74, 6) is 3.20. The van der Waals surface area contributed by atoms with Crippen molar-refractivity contribution in [3.8, 4) is 0 Å². The summed E-state index contributed by atoms with van der Waals surface area (Å²) in [5.41, 5.74) is 0.708. The second-order valence-electron chi connectivity index (χ2n) is 13.3. The van der Waals surface area contributed by atoms with Crippen molar-refractivity contribution in [2.75, 3.05) is 40.1 Å². The normalized spacial score (nSPS) is 39.1. The molecule has 2 unspecified atom stereocenters. The Morgan fingerprint density at radius 2 is 1.61 bits per heavy atom. The zero-order valence-electron chi connectivity index (χ0n) is 24.3. The van der Waals surface area contributed by atoms with E-state index < -0.39 is 5.97 Å². The minimum atomic E-state index is -0.663. The van der Waals surface area contributed by atoms with Crippen molar-refractivity contribution in [1.82, 2.24) is 0 Å². The Hall–Kier alpha value is -1.18. The zero-order valence-corrected chi connectivity index (χ0v) is 24.3. The number of rotatable bonds is 13. The zero-order chi connectivity index (χ0) is 27.3. The maximum atomic E-state index is 12.4. The molecule has 7 nitrogen and oxygen atoms in total. The lowest BCUT2D eigenvalue weighted by molar-refractivity contribution is -0.167. The number of methoxy groups -OCH3 is 1. The number of carboxylic acids is 1. The molecule has 4 aliphatic carbocycles. The van der Waals surface area contributed by atoms with Crippen LogP contribution < -0.4 is 0 Å². The van der Waals surface area contributed by atoms with E-state index in [9.17, 15) is 14.7 Å². The van der Waals surface area contributed by atoms with Crippen molar-refractivity contribution in [2.24, 2.45) is 46.3 Å². The Labute approximate surface area is 229 Å². The van der Waals surface area contributed by atoms with Crippen molar-refractivity contribution in [2.45, 2.75) is 97.5 Å². The highest BCUT2D eigenvalue weighted by atomic mass is 16.6. The van der Waals surface area contributed by atoms with Gasteiger partial charge in [-0.15, -0.1) is 0 Å². The van der Waals surface area contributed by atoms with E-state index in [-0.39, 0.29) is 18.7 Å². The van der Waals surface area contributed by atoms with Gasteiger partial charge in [0, 0.05) is 13.5 Å². The van der Waals surface area contributed by atoms with Gasteiger partial charge in [-0.1, -0.05) is 20.8 Å². The first-order chi connectivity index (χ1) is 18.2. The lowest BCUT2D eigenvalue weighted by Gasteiger charge is -2.61. The molecule has 7 heteroatoms. The summed E-state index contributed by atoms with van der Waals surface area (Å²) in [6.45, 7) is 9.29. The average Bonchev–Trinajstić information content (AvgIpc) is 3.24.